The molecule has 4 unspecified atom stereocenters. The smallest absolute Gasteiger partial charge is 0.311 e. The number of rotatable bonds is 3. The Labute approximate surface area is 161 Å². The molecule has 0 radical (unpaired) electrons. The summed E-state index contributed by atoms with van der Waals surface area (Å²) in [5, 5.41) is 10.2. The van der Waals surface area contributed by atoms with Gasteiger partial charge in [0.25, 0.3) is 0 Å². The van der Waals surface area contributed by atoms with Crippen LogP contribution in [0.3, 0.4) is 0 Å². The van der Waals surface area contributed by atoms with Crippen molar-refractivity contribution >= 4 is 11.9 Å². The Morgan fingerprint density at radius 1 is 0.741 bits per heavy atom. The minimum Gasteiger partial charge on any atom is -0.481 e. The van der Waals surface area contributed by atoms with Crippen LogP contribution in [0.1, 0.15) is 77.0 Å². The van der Waals surface area contributed by atoms with Gasteiger partial charge in [0.2, 0.25) is 0 Å². The Hall–Kier alpha value is -1.06. The molecule has 0 aromatic rings. The summed E-state index contributed by atoms with van der Waals surface area (Å²) in [6, 6.07) is 0. The number of carbonyl (C=O) groups excluding carboxylic acids is 1. The van der Waals surface area contributed by atoms with Gasteiger partial charge in [-0.05, 0) is 112 Å². The lowest BCUT2D eigenvalue weighted by atomic mass is 9.31. The maximum absolute atomic E-state index is 12.9. The van der Waals surface area contributed by atoms with Crippen molar-refractivity contribution in [3.63, 3.8) is 0 Å². The van der Waals surface area contributed by atoms with E-state index in [1.165, 1.54) is 38.5 Å². The van der Waals surface area contributed by atoms with Crippen LogP contribution in [-0.4, -0.2) is 24.2 Å². The molecule has 8 bridgehead atoms. The average Bonchev–Trinajstić information content (AvgIpc) is 2.58. The molecule has 148 valence electrons. The van der Waals surface area contributed by atoms with Crippen molar-refractivity contribution in [2.24, 2.45) is 45.3 Å². The van der Waals surface area contributed by atoms with Crippen LogP contribution in [0, 0.1) is 45.3 Å². The summed E-state index contributed by atoms with van der Waals surface area (Å²) >= 11 is 0. The number of ether oxygens (including phenoxy) is 1. The van der Waals surface area contributed by atoms with Crippen molar-refractivity contribution in [3.8, 4) is 0 Å². The summed E-state index contributed by atoms with van der Waals surface area (Å²) < 4.78 is 5.32. The Kier molecular flexibility index (Phi) is 3.07. The lowest BCUT2D eigenvalue weighted by Gasteiger charge is -2.72. The van der Waals surface area contributed by atoms with Gasteiger partial charge in [-0.15, -0.1) is 0 Å². The molecule has 8 rings (SSSR count). The summed E-state index contributed by atoms with van der Waals surface area (Å²) in [6.07, 6.45) is 13.2. The van der Waals surface area contributed by atoms with Gasteiger partial charge in [-0.3, -0.25) is 9.59 Å². The molecule has 27 heavy (non-hydrogen) atoms. The maximum atomic E-state index is 12.9. The highest BCUT2D eigenvalue weighted by atomic mass is 16.5. The SMILES string of the molecule is COC(=O)C12CC3CC(C1)CC(C14CC5CC(CC(C(=O)O)(C5)C1)C4)(C3)C2. The average molecular weight is 373 g/mol. The van der Waals surface area contributed by atoms with Crippen LogP contribution in [0.15, 0.2) is 0 Å². The Bertz CT molecular complexity index is 696. The van der Waals surface area contributed by atoms with Gasteiger partial charge in [0.05, 0.1) is 17.9 Å². The fourth-order valence-electron chi connectivity index (χ4n) is 10.5. The third kappa shape index (κ3) is 1.95. The first-order chi connectivity index (χ1) is 12.8. The van der Waals surface area contributed by atoms with Crippen molar-refractivity contribution in [1.29, 1.82) is 0 Å². The van der Waals surface area contributed by atoms with Crippen molar-refractivity contribution < 1.29 is 19.4 Å². The van der Waals surface area contributed by atoms with E-state index in [-0.39, 0.29) is 22.2 Å². The number of methoxy groups -OCH3 is 1. The van der Waals surface area contributed by atoms with Gasteiger partial charge in [0.15, 0.2) is 0 Å². The van der Waals surface area contributed by atoms with Crippen LogP contribution in [0.2, 0.25) is 0 Å². The van der Waals surface area contributed by atoms with Crippen molar-refractivity contribution in [1.82, 2.24) is 0 Å². The van der Waals surface area contributed by atoms with Crippen LogP contribution < -0.4 is 0 Å². The molecular weight excluding hydrogens is 340 g/mol. The van der Waals surface area contributed by atoms with Gasteiger partial charge in [-0.1, -0.05) is 0 Å². The molecule has 8 saturated carbocycles. The zero-order chi connectivity index (χ0) is 18.7. The number of aliphatic carboxylic acids is 1. The standard InChI is InChI=1S/C23H32O4/c1-27-19(26)21-6-16-3-17(7-21)11-23(10-16,13-21)22-8-14-2-15(9-22)5-20(4-14,12-22)18(24)25/h14-17H,2-13H2,1H3,(H,24,25). The fraction of sp³-hybridized carbons (Fsp3) is 0.913. The summed E-state index contributed by atoms with van der Waals surface area (Å²) in [5.41, 5.74) is -0.360. The molecule has 8 aliphatic carbocycles. The highest BCUT2D eigenvalue weighted by Crippen LogP contribution is 2.78. The molecule has 0 spiro atoms. The Balaban J connectivity index is 1.45. The monoisotopic (exact) mass is 372 g/mol. The minimum atomic E-state index is -0.534. The second kappa shape index (κ2) is 4.91. The van der Waals surface area contributed by atoms with E-state index in [0.717, 1.165) is 38.5 Å². The molecule has 0 aromatic carbocycles. The predicted molar refractivity (Wildman–Crippen MR) is 98.7 cm³/mol. The summed E-state index contributed by atoms with van der Waals surface area (Å²) in [5.74, 6) is 2.00. The number of carboxylic acids is 1. The molecule has 0 heterocycles. The van der Waals surface area contributed by atoms with Crippen molar-refractivity contribution in [2.75, 3.05) is 7.11 Å². The lowest BCUT2D eigenvalue weighted by Crippen LogP contribution is -2.66. The number of carbonyl (C=O) groups is 2. The molecule has 8 aliphatic rings. The molecule has 0 amide bonds. The molecule has 4 heteroatoms. The van der Waals surface area contributed by atoms with Crippen molar-refractivity contribution in [3.05, 3.63) is 0 Å². The van der Waals surface area contributed by atoms with E-state index < -0.39 is 11.4 Å². The Morgan fingerprint density at radius 3 is 1.56 bits per heavy atom. The summed E-state index contributed by atoms with van der Waals surface area (Å²) in [4.78, 5) is 25.3. The Morgan fingerprint density at radius 2 is 1.15 bits per heavy atom. The fourth-order valence-corrected chi connectivity index (χ4v) is 10.5. The van der Waals surface area contributed by atoms with Gasteiger partial charge in [-0.25, -0.2) is 0 Å². The van der Waals surface area contributed by atoms with Gasteiger partial charge in [-0.2, -0.15) is 0 Å². The number of esters is 1. The first-order valence-corrected chi connectivity index (χ1v) is 11.1. The van der Waals surface area contributed by atoms with Crippen LogP contribution in [0.25, 0.3) is 0 Å². The molecule has 8 fully saturated rings. The van der Waals surface area contributed by atoms with Gasteiger partial charge in [0.1, 0.15) is 0 Å². The van der Waals surface area contributed by atoms with E-state index in [1.54, 1.807) is 7.11 Å². The van der Waals surface area contributed by atoms with E-state index in [2.05, 4.69) is 0 Å². The van der Waals surface area contributed by atoms with E-state index in [1.807, 2.05) is 0 Å². The molecule has 0 aromatic heterocycles. The van der Waals surface area contributed by atoms with E-state index in [0.29, 0.717) is 23.7 Å². The minimum absolute atomic E-state index is 0.0265. The number of hydrogen-bond donors (Lipinski definition) is 1. The first kappa shape index (κ1) is 16.9. The zero-order valence-electron chi connectivity index (χ0n) is 16.5. The normalized spacial score (nSPS) is 57.1. The lowest BCUT2D eigenvalue weighted by molar-refractivity contribution is -0.243. The highest BCUT2D eigenvalue weighted by molar-refractivity contribution is 5.78. The third-order valence-electron chi connectivity index (χ3n) is 10.3. The predicted octanol–water partition coefficient (Wildman–Crippen LogP) is 4.42. The van der Waals surface area contributed by atoms with Gasteiger partial charge in [0, 0.05) is 0 Å². The molecule has 4 atom stereocenters. The van der Waals surface area contributed by atoms with Gasteiger partial charge < -0.3 is 9.84 Å². The molecule has 0 saturated heterocycles. The summed E-state index contributed by atoms with van der Waals surface area (Å²) in [6.45, 7) is 0. The number of carboxylic acid groups (broad SMARTS) is 1. The van der Waals surface area contributed by atoms with Gasteiger partial charge >= 0.3 is 11.9 Å². The quantitative estimate of drug-likeness (QED) is 0.745. The van der Waals surface area contributed by atoms with E-state index in [4.69, 9.17) is 4.74 Å². The molecule has 0 aliphatic heterocycles. The second-order valence-electron chi connectivity index (χ2n) is 11.8. The third-order valence-corrected chi connectivity index (χ3v) is 10.3. The van der Waals surface area contributed by atoms with E-state index in [9.17, 15) is 14.7 Å². The zero-order valence-corrected chi connectivity index (χ0v) is 16.5. The summed E-state index contributed by atoms with van der Waals surface area (Å²) in [7, 11) is 1.55. The van der Waals surface area contributed by atoms with E-state index >= 15 is 0 Å². The molecule has 1 N–H and O–H groups in total. The topological polar surface area (TPSA) is 63.6 Å². The number of hydrogen-bond acceptors (Lipinski definition) is 3. The maximum Gasteiger partial charge on any atom is 0.311 e. The van der Waals surface area contributed by atoms with Crippen molar-refractivity contribution in [2.45, 2.75) is 77.0 Å². The van der Waals surface area contributed by atoms with Crippen LogP contribution in [0.5, 0.6) is 0 Å². The van der Waals surface area contributed by atoms with Crippen LogP contribution >= 0.6 is 0 Å². The molecular formula is C23H32O4. The second-order valence-corrected chi connectivity index (χ2v) is 11.8. The largest absolute Gasteiger partial charge is 0.481 e. The molecule has 4 nitrogen and oxygen atoms in total. The van der Waals surface area contributed by atoms with Crippen LogP contribution in [0.4, 0.5) is 0 Å². The highest BCUT2D eigenvalue weighted by Gasteiger charge is 2.72. The first-order valence-electron chi connectivity index (χ1n) is 11.1. The van der Waals surface area contributed by atoms with Crippen LogP contribution in [-0.2, 0) is 14.3 Å².